The van der Waals surface area contributed by atoms with Crippen LogP contribution in [0.5, 0.6) is 0 Å². The van der Waals surface area contributed by atoms with Crippen LogP contribution >= 0.6 is 11.8 Å². The maximum Gasteiger partial charge on any atom is 0.274 e. The van der Waals surface area contributed by atoms with E-state index >= 15 is 4.39 Å². The predicted octanol–water partition coefficient (Wildman–Crippen LogP) is 2.34. The third-order valence-electron chi connectivity index (χ3n) is 4.91. The van der Waals surface area contributed by atoms with E-state index in [2.05, 4.69) is 15.3 Å². The average Bonchev–Trinajstić information content (AvgIpc) is 3.06. The number of halogens is 2. The van der Waals surface area contributed by atoms with Gasteiger partial charge in [0.2, 0.25) is 0 Å². The molecule has 0 radical (unpaired) electrons. The summed E-state index contributed by atoms with van der Waals surface area (Å²) in [5.41, 5.74) is 4.61. The molecule has 4 rings (SSSR count). The number of nitrogens with zero attached hydrogens (tertiary/aromatic N) is 3. The lowest BCUT2D eigenvalue weighted by Gasteiger charge is -2.40. The lowest BCUT2D eigenvalue weighted by atomic mass is 9.84. The Morgan fingerprint density at radius 2 is 2.17 bits per heavy atom. The molecule has 0 unspecified atom stereocenters. The normalized spacial score (nSPS) is 25.6. The van der Waals surface area contributed by atoms with Crippen molar-refractivity contribution in [2.24, 2.45) is 10.7 Å². The highest BCUT2D eigenvalue weighted by atomic mass is 32.2. The molecule has 1 saturated heterocycles. The number of nitrogens with one attached hydrogen (secondary N) is 1. The van der Waals surface area contributed by atoms with E-state index in [1.807, 2.05) is 6.07 Å². The molecule has 7 nitrogen and oxygen atoms in total. The van der Waals surface area contributed by atoms with E-state index in [-0.39, 0.29) is 41.9 Å². The molecule has 3 N–H and O–H groups in total. The molecule has 0 bridgehead atoms. The van der Waals surface area contributed by atoms with Gasteiger partial charge in [0.15, 0.2) is 10.8 Å². The Kier molecular flexibility index (Phi) is 4.72. The Morgan fingerprint density at radius 3 is 2.90 bits per heavy atom. The molecule has 1 aromatic heterocycles. The molecule has 29 heavy (non-hydrogen) atoms. The SMILES string of the molecule is N#Cc1ccc(C(=O)Nc2ccc(F)c([C@]34COC[C@]3(F)CN=C(N)S4)c2)nc1. The molecule has 148 valence electrons. The molecular formula is C19H15F2N5O2S. The number of carbonyl (C=O) groups is 1. The molecule has 2 aliphatic heterocycles. The van der Waals surface area contributed by atoms with Crippen molar-refractivity contribution < 1.29 is 18.3 Å². The van der Waals surface area contributed by atoms with E-state index in [0.717, 1.165) is 17.8 Å². The van der Waals surface area contributed by atoms with Crippen molar-refractivity contribution >= 4 is 28.5 Å². The van der Waals surface area contributed by atoms with Gasteiger partial charge in [0.1, 0.15) is 22.3 Å². The highest BCUT2D eigenvalue weighted by molar-refractivity contribution is 8.14. The van der Waals surface area contributed by atoms with Gasteiger partial charge in [0.25, 0.3) is 5.91 Å². The minimum Gasteiger partial charge on any atom is -0.379 e. The van der Waals surface area contributed by atoms with Gasteiger partial charge in [-0.05, 0) is 30.3 Å². The molecule has 1 fully saturated rings. The molecule has 2 aromatic rings. The number of fused-ring (bicyclic) bond motifs is 1. The van der Waals surface area contributed by atoms with Crippen LogP contribution in [-0.4, -0.2) is 41.5 Å². The lowest BCUT2D eigenvalue weighted by Crippen LogP contribution is -2.52. The number of hydrogen-bond acceptors (Lipinski definition) is 7. The number of carbonyl (C=O) groups excluding carboxylic acids is 1. The summed E-state index contributed by atoms with van der Waals surface area (Å²) in [6.45, 7) is -0.519. The van der Waals surface area contributed by atoms with Crippen molar-refractivity contribution in [3.05, 3.63) is 59.2 Å². The first-order chi connectivity index (χ1) is 13.9. The Hall–Kier alpha value is -3.03. The van der Waals surface area contributed by atoms with E-state index in [0.29, 0.717) is 5.56 Å². The number of amidine groups is 1. The van der Waals surface area contributed by atoms with Gasteiger partial charge in [-0.1, -0.05) is 11.8 Å². The van der Waals surface area contributed by atoms with Crippen molar-refractivity contribution in [1.29, 1.82) is 5.26 Å². The molecule has 10 heteroatoms. The number of alkyl halides is 1. The van der Waals surface area contributed by atoms with Gasteiger partial charge in [-0.3, -0.25) is 9.79 Å². The number of amides is 1. The summed E-state index contributed by atoms with van der Waals surface area (Å²) in [5, 5.41) is 11.6. The first-order valence-electron chi connectivity index (χ1n) is 8.60. The van der Waals surface area contributed by atoms with E-state index < -0.39 is 22.1 Å². The number of benzene rings is 1. The number of nitriles is 1. The van der Waals surface area contributed by atoms with E-state index in [1.165, 1.54) is 30.5 Å². The molecule has 2 aliphatic rings. The summed E-state index contributed by atoms with van der Waals surface area (Å²) in [6, 6.07) is 8.70. The summed E-state index contributed by atoms with van der Waals surface area (Å²) >= 11 is 0.931. The van der Waals surface area contributed by atoms with Gasteiger partial charge in [0.05, 0.1) is 25.3 Å². The molecule has 0 spiro atoms. The van der Waals surface area contributed by atoms with Gasteiger partial charge < -0.3 is 15.8 Å². The molecule has 2 atom stereocenters. The van der Waals surface area contributed by atoms with Crippen LogP contribution < -0.4 is 11.1 Å². The second-order valence-corrected chi connectivity index (χ2v) is 8.05. The van der Waals surface area contributed by atoms with Crippen molar-refractivity contribution in [3.63, 3.8) is 0 Å². The molecule has 3 heterocycles. The smallest absolute Gasteiger partial charge is 0.274 e. The van der Waals surface area contributed by atoms with E-state index in [9.17, 15) is 9.18 Å². The van der Waals surface area contributed by atoms with Crippen LogP contribution in [0.3, 0.4) is 0 Å². The number of anilines is 1. The third kappa shape index (κ3) is 3.22. The molecule has 1 aromatic carbocycles. The Balaban J connectivity index is 1.67. The maximum absolute atomic E-state index is 15.6. The quantitative estimate of drug-likeness (QED) is 0.796. The fourth-order valence-electron chi connectivity index (χ4n) is 3.39. The number of pyridine rings is 1. The van der Waals surface area contributed by atoms with Crippen LogP contribution in [-0.2, 0) is 9.48 Å². The van der Waals surface area contributed by atoms with Gasteiger partial charge in [-0.25, -0.2) is 13.8 Å². The van der Waals surface area contributed by atoms with Gasteiger partial charge in [0, 0.05) is 17.4 Å². The molecule has 1 amide bonds. The zero-order valence-corrected chi connectivity index (χ0v) is 15.8. The number of hydrogen-bond donors (Lipinski definition) is 2. The highest BCUT2D eigenvalue weighted by Gasteiger charge is 2.62. The number of thioether (sulfide) groups is 1. The zero-order valence-electron chi connectivity index (χ0n) is 15.0. The summed E-state index contributed by atoms with van der Waals surface area (Å²) < 4.78 is 34.3. The summed E-state index contributed by atoms with van der Waals surface area (Å²) in [6.07, 6.45) is 1.28. The summed E-state index contributed by atoms with van der Waals surface area (Å²) in [4.78, 5) is 20.3. The Labute approximate surface area is 169 Å². The molecule has 0 aliphatic carbocycles. The zero-order chi connectivity index (χ0) is 20.6. The number of aliphatic imine (C=N–C) groups is 1. The minimum atomic E-state index is -1.92. The fourth-order valence-corrected chi connectivity index (χ4v) is 4.59. The highest BCUT2D eigenvalue weighted by Crippen LogP contribution is 2.54. The van der Waals surface area contributed by atoms with E-state index in [4.69, 9.17) is 15.7 Å². The second kappa shape index (κ2) is 7.09. The number of ether oxygens (including phenoxy) is 1. The minimum absolute atomic E-state index is 0.0472. The van der Waals surface area contributed by atoms with Crippen LogP contribution in [0.4, 0.5) is 14.5 Å². The Bertz CT molecular complexity index is 1060. The molecule has 0 saturated carbocycles. The standard InChI is InChI=1S/C19H15F2N5O2S/c20-14-3-2-12(26-16(27)15-4-1-11(6-22)7-24-15)5-13(14)19-10-28-9-18(19,21)8-25-17(23)29-19/h1-5,7H,8-10H2,(H2,23,25)(H,26,27)/t18-,19-/m1/s1. The lowest BCUT2D eigenvalue weighted by molar-refractivity contribution is 0.102. The third-order valence-corrected chi connectivity index (χ3v) is 6.30. The Morgan fingerprint density at radius 1 is 1.34 bits per heavy atom. The van der Waals surface area contributed by atoms with Crippen LogP contribution in [0.1, 0.15) is 21.6 Å². The van der Waals surface area contributed by atoms with Crippen LogP contribution in [0, 0.1) is 17.1 Å². The van der Waals surface area contributed by atoms with Crippen molar-refractivity contribution in [2.45, 2.75) is 10.4 Å². The van der Waals surface area contributed by atoms with Crippen LogP contribution in [0.15, 0.2) is 41.5 Å². The first-order valence-corrected chi connectivity index (χ1v) is 9.42. The average molecular weight is 415 g/mol. The summed E-state index contributed by atoms with van der Waals surface area (Å²) in [7, 11) is 0. The van der Waals surface area contributed by atoms with Gasteiger partial charge in [-0.2, -0.15) is 5.26 Å². The molecular weight excluding hydrogens is 400 g/mol. The fraction of sp³-hybridized carbons (Fsp3) is 0.263. The van der Waals surface area contributed by atoms with Gasteiger partial charge in [-0.15, -0.1) is 0 Å². The van der Waals surface area contributed by atoms with E-state index in [1.54, 1.807) is 0 Å². The van der Waals surface area contributed by atoms with Crippen molar-refractivity contribution in [1.82, 2.24) is 4.98 Å². The topological polar surface area (TPSA) is 113 Å². The van der Waals surface area contributed by atoms with Crippen molar-refractivity contribution in [2.75, 3.05) is 25.1 Å². The monoisotopic (exact) mass is 415 g/mol. The first kappa shape index (κ1) is 19.3. The number of rotatable bonds is 3. The van der Waals surface area contributed by atoms with Crippen molar-refractivity contribution in [3.8, 4) is 6.07 Å². The number of nitrogens with two attached hydrogens (primary N) is 1. The summed E-state index contributed by atoms with van der Waals surface area (Å²) in [5.74, 6) is -1.18. The second-order valence-electron chi connectivity index (χ2n) is 6.73. The van der Waals surface area contributed by atoms with Crippen LogP contribution in [0.25, 0.3) is 0 Å². The van der Waals surface area contributed by atoms with Gasteiger partial charge >= 0.3 is 0 Å². The predicted molar refractivity (Wildman–Crippen MR) is 104 cm³/mol. The van der Waals surface area contributed by atoms with Crippen LogP contribution in [0.2, 0.25) is 0 Å². The maximum atomic E-state index is 15.6. The number of aromatic nitrogens is 1. The largest absolute Gasteiger partial charge is 0.379 e.